The lowest BCUT2D eigenvalue weighted by Crippen LogP contribution is -2.51. The number of β-amino-alcohol motifs (C(OH)–C–C–N with tert-alkyl or cyclic N) is 1. The van der Waals surface area contributed by atoms with Crippen molar-refractivity contribution in [1.82, 2.24) is 24.6 Å². The van der Waals surface area contributed by atoms with E-state index in [0.29, 0.717) is 25.5 Å². The average Bonchev–Trinajstić information content (AvgIpc) is 3.09. The number of nitrogens with zero attached hydrogens (tertiary/aromatic N) is 5. The van der Waals surface area contributed by atoms with Crippen molar-refractivity contribution in [2.75, 3.05) is 38.0 Å². The van der Waals surface area contributed by atoms with E-state index in [0.717, 1.165) is 30.8 Å². The van der Waals surface area contributed by atoms with E-state index in [1.165, 1.54) is 0 Å². The van der Waals surface area contributed by atoms with Crippen LogP contribution in [0, 0.1) is 0 Å². The number of amides is 2. The van der Waals surface area contributed by atoms with E-state index in [-0.39, 0.29) is 12.1 Å². The van der Waals surface area contributed by atoms with E-state index in [1.54, 1.807) is 11.0 Å². The van der Waals surface area contributed by atoms with Gasteiger partial charge in [-0.2, -0.15) is 5.10 Å². The van der Waals surface area contributed by atoms with Crippen molar-refractivity contribution in [2.24, 2.45) is 7.05 Å². The molecule has 3 rings (SSSR count). The summed E-state index contributed by atoms with van der Waals surface area (Å²) in [4.78, 5) is 20.7. The quantitative estimate of drug-likeness (QED) is 0.844. The molecule has 140 valence electrons. The molecule has 1 unspecified atom stereocenters. The second-order valence-corrected chi connectivity index (χ2v) is 6.60. The summed E-state index contributed by atoms with van der Waals surface area (Å²) in [7, 11) is 1.83. The molecule has 1 fully saturated rings. The highest BCUT2D eigenvalue weighted by Crippen LogP contribution is 2.18. The number of aryl methyl sites for hydroxylation is 1. The highest BCUT2D eigenvalue weighted by Gasteiger charge is 2.22. The van der Waals surface area contributed by atoms with Gasteiger partial charge < -0.3 is 15.3 Å². The van der Waals surface area contributed by atoms with Crippen LogP contribution in [-0.2, 0) is 7.05 Å². The number of hydrogen-bond acceptors (Lipinski definition) is 5. The smallest absolute Gasteiger partial charge is 0.321 e. The van der Waals surface area contributed by atoms with Crippen LogP contribution < -0.4 is 5.32 Å². The Kier molecular flexibility index (Phi) is 5.85. The van der Waals surface area contributed by atoms with Crippen LogP contribution in [0.3, 0.4) is 0 Å². The summed E-state index contributed by atoms with van der Waals surface area (Å²) in [6.07, 6.45) is 2.12. The van der Waals surface area contributed by atoms with Crippen molar-refractivity contribution < 1.29 is 9.90 Å². The number of anilines is 1. The van der Waals surface area contributed by atoms with Crippen LogP contribution in [0.4, 0.5) is 10.5 Å². The summed E-state index contributed by atoms with van der Waals surface area (Å²) in [6.45, 7) is 5.55. The van der Waals surface area contributed by atoms with E-state index >= 15 is 0 Å². The molecule has 0 bridgehead atoms. The van der Waals surface area contributed by atoms with Crippen molar-refractivity contribution in [1.29, 1.82) is 0 Å². The minimum atomic E-state index is -0.289. The van der Waals surface area contributed by atoms with Crippen LogP contribution in [-0.4, -0.2) is 74.5 Å². The number of carbonyl (C=O) groups excluding carboxylic acids is 1. The number of hydrogen-bond donors (Lipinski definition) is 2. The number of carbonyl (C=O) groups is 1. The highest BCUT2D eigenvalue weighted by atomic mass is 16.3. The van der Waals surface area contributed by atoms with Gasteiger partial charge in [-0.1, -0.05) is 6.92 Å². The summed E-state index contributed by atoms with van der Waals surface area (Å²) in [5.41, 5.74) is 1.66. The summed E-state index contributed by atoms with van der Waals surface area (Å²) in [5, 5.41) is 16.9. The third-order valence-electron chi connectivity index (χ3n) is 4.59. The molecule has 1 aliphatic rings. The zero-order chi connectivity index (χ0) is 18.5. The average molecular weight is 358 g/mol. The van der Waals surface area contributed by atoms with Crippen LogP contribution >= 0.6 is 0 Å². The monoisotopic (exact) mass is 358 g/mol. The van der Waals surface area contributed by atoms with Crippen LogP contribution in [0.25, 0.3) is 11.4 Å². The number of nitrogens with one attached hydrogen (secondary N) is 1. The molecule has 1 saturated heterocycles. The summed E-state index contributed by atoms with van der Waals surface area (Å²) < 4.78 is 1.66. The van der Waals surface area contributed by atoms with Crippen LogP contribution in [0.15, 0.2) is 30.6 Å². The van der Waals surface area contributed by atoms with Crippen LogP contribution in [0.5, 0.6) is 0 Å². The van der Waals surface area contributed by atoms with E-state index in [1.807, 2.05) is 43.1 Å². The van der Waals surface area contributed by atoms with Gasteiger partial charge in [-0.05, 0) is 30.7 Å². The minimum Gasteiger partial charge on any atom is -0.392 e. The van der Waals surface area contributed by atoms with E-state index in [4.69, 9.17) is 0 Å². The molecular weight excluding hydrogens is 332 g/mol. The van der Waals surface area contributed by atoms with Crippen molar-refractivity contribution in [3.05, 3.63) is 30.6 Å². The predicted octanol–water partition coefficient (Wildman–Crippen LogP) is 1.40. The first-order chi connectivity index (χ1) is 12.5. The maximum atomic E-state index is 12.4. The van der Waals surface area contributed by atoms with Gasteiger partial charge in [0.05, 0.1) is 6.10 Å². The predicted molar refractivity (Wildman–Crippen MR) is 99.8 cm³/mol. The van der Waals surface area contributed by atoms with Crippen LogP contribution in [0.2, 0.25) is 0 Å². The number of urea groups is 1. The first-order valence-corrected chi connectivity index (χ1v) is 8.97. The molecule has 2 heterocycles. The van der Waals surface area contributed by atoms with Gasteiger partial charge in [0, 0.05) is 51.0 Å². The summed E-state index contributed by atoms with van der Waals surface area (Å²) in [6, 6.07) is 7.42. The number of aliphatic hydroxyl groups excluding tert-OH is 1. The molecule has 0 spiro atoms. The maximum Gasteiger partial charge on any atom is 0.321 e. The fourth-order valence-corrected chi connectivity index (χ4v) is 2.94. The molecule has 26 heavy (non-hydrogen) atoms. The summed E-state index contributed by atoms with van der Waals surface area (Å²) >= 11 is 0. The molecule has 1 aromatic heterocycles. The standard InChI is InChI=1S/C18H26N6O2/c1-3-16(25)12-23-8-10-24(11-9-23)18(26)20-15-6-4-14(5-7-15)17-19-13-22(2)21-17/h4-7,13,16,25H,3,8-12H2,1-2H3,(H,20,26). The van der Waals surface area contributed by atoms with Gasteiger partial charge >= 0.3 is 6.03 Å². The zero-order valence-electron chi connectivity index (χ0n) is 15.3. The Bertz CT molecular complexity index is 722. The minimum absolute atomic E-state index is 0.0931. The van der Waals surface area contributed by atoms with E-state index in [2.05, 4.69) is 20.3 Å². The number of aliphatic hydroxyl groups is 1. The maximum absolute atomic E-state index is 12.4. The normalized spacial score (nSPS) is 16.5. The molecule has 0 saturated carbocycles. The van der Waals surface area contributed by atoms with Crippen LogP contribution in [0.1, 0.15) is 13.3 Å². The molecular formula is C18H26N6O2. The number of benzene rings is 1. The number of rotatable bonds is 5. The highest BCUT2D eigenvalue weighted by molar-refractivity contribution is 5.89. The molecule has 8 nitrogen and oxygen atoms in total. The van der Waals surface area contributed by atoms with Gasteiger partial charge in [0.1, 0.15) is 6.33 Å². The Balaban J connectivity index is 1.51. The fraction of sp³-hybridized carbons (Fsp3) is 0.500. The first-order valence-electron chi connectivity index (χ1n) is 8.97. The number of piperazine rings is 1. The molecule has 2 amide bonds. The molecule has 1 aromatic carbocycles. The second kappa shape index (κ2) is 8.29. The molecule has 2 aromatic rings. The molecule has 1 atom stereocenters. The Morgan fingerprint density at radius 2 is 1.92 bits per heavy atom. The Hall–Kier alpha value is -2.45. The number of aromatic nitrogens is 3. The SMILES string of the molecule is CCC(O)CN1CCN(C(=O)Nc2ccc(-c3ncn(C)n3)cc2)CC1. The topological polar surface area (TPSA) is 86.5 Å². The Labute approximate surface area is 153 Å². The molecule has 8 heteroatoms. The van der Waals surface area contributed by atoms with Gasteiger partial charge in [-0.25, -0.2) is 9.78 Å². The van der Waals surface area contributed by atoms with E-state index < -0.39 is 0 Å². The fourth-order valence-electron chi connectivity index (χ4n) is 2.94. The van der Waals surface area contributed by atoms with Crippen molar-refractivity contribution in [2.45, 2.75) is 19.4 Å². The second-order valence-electron chi connectivity index (χ2n) is 6.60. The molecule has 0 radical (unpaired) electrons. The zero-order valence-corrected chi connectivity index (χ0v) is 15.3. The first kappa shape index (κ1) is 18.3. The lowest BCUT2D eigenvalue weighted by Gasteiger charge is -2.35. The van der Waals surface area contributed by atoms with Gasteiger partial charge in [-0.15, -0.1) is 0 Å². The lowest BCUT2D eigenvalue weighted by atomic mass is 10.2. The van der Waals surface area contributed by atoms with E-state index in [9.17, 15) is 9.90 Å². The van der Waals surface area contributed by atoms with Crippen molar-refractivity contribution in [3.63, 3.8) is 0 Å². The molecule has 0 aliphatic carbocycles. The van der Waals surface area contributed by atoms with Gasteiger partial charge in [0.2, 0.25) is 0 Å². The third-order valence-corrected chi connectivity index (χ3v) is 4.59. The third kappa shape index (κ3) is 4.59. The Morgan fingerprint density at radius 1 is 1.23 bits per heavy atom. The molecule has 1 aliphatic heterocycles. The largest absolute Gasteiger partial charge is 0.392 e. The lowest BCUT2D eigenvalue weighted by molar-refractivity contribution is 0.0812. The van der Waals surface area contributed by atoms with Crippen molar-refractivity contribution in [3.8, 4) is 11.4 Å². The van der Waals surface area contributed by atoms with Crippen molar-refractivity contribution >= 4 is 11.7 Å². The van der Waals surface area contributed by atoms with Gasteiger partial charge in [-0.3, -0.25) is 9.58 Å². The summed E-state index contributed by atoms with van der Waals surface area (Å²) in [5.74, 6) is 0.663. The van der Waals surface area contributed by atoms with Gasteiger partial charge in [0.15, 0.2) is 5.82 Å². The Morgan fingerprint density at radius 3 is 2.50 bits per heavy atom. The molecule has 2 N–H and O–H groups in total. The van der Waals surface area contributed by atoms with Gasteiger partial charge in [0.25, 0.3) is 0 Å².